The first-order valence-corrected chi connectivity index (χ1v) is 12.2. The molecule has 10 heteroatoms. The van der Waals surface area contributed by atoms with Gasteiger partial charge in [0.25, 0.3) is 0 Å². The third-order valence-corrected chi connectivity index (χ3v) is 9.07. The summed E-state index contributed by atoms with van der Waals surface area (Å²) in [4.78, 5) is 0. The van der Waals surface area contributed by atoms with Gasteiger partial charge in [-0.3, -0.25) is 9.13 Å². The molecule has 0 bridgehead atoms. The number of hydrogen-bond donors (Lipinski definition) is 1. The third kappa shape index (κ3) is 6.47. The van der Waals surface area contributed by atoms with Crippen LogP contribution in [-0.4, -0.2) is 32.0 Å². The van der Waals surface area contributed by atoms with Crippen molar-refractivity contribution in [2.24, 2.45) is 0 Å². The topological polar surface area (TPSA) is 83.1 Å². The van der Waals surface area contributed by atoms with Crippen LogP contribution < -0.4 is 5.32 Å². The van der Waals surface area contributed by atoms with E-state index in [9.17, 15) is 9.13 Å². The van der Waals surface area contributed by atoms with Crippen molar-refractivity contribution in [2.75, 3.05) is 31.7 Å². The number of halogens is 1. The summed E-state index contributed by atoms with van der Waals surface area (Å²) < 4.78 is 49.1. The number of hydrogen-bond acceptors (Lipinski definition) is 7. The number of anilines is 1. The molecule has 7 nitrogen and oxygen atoms in total. The van der Waals surface area contributed by atoms with Crippen molar-refractivity contribution in [2.45, 2.75) is 33.2 Å². The zero-order valence-electron chi connectivity index (χ0n) is 14.9. The van der Waals surface area contributed by atoms with Crippen molar-refractivity contribution in [3.05, 3.63) is 28.7 Å². The summed E-state index contributed by atoms with van der Waals surface area (Å²) in [5, 5.41) is 2.98. The van der Waals surface area contributed by atoms with Crippen LogP contribution in [0.1, 0.15) is 27.7 Å². The van der Waals surface area contributed by atoms with Crippen molar-refractivity contribution in [3.8, 4) is 0 Å². The highest BCUT2D eigenvalue weighted by Gasteiger charge is 2.51. The molecule has 1 rings (SSSR count). The summed E-state index contributed by atoms with van der Waals surface area (Å²) in [6.45, 7) is 7.28. The Morgan fingerprint density at radius 3 is 1.72 bits per heavy atom. The average molecular weight is 458 g/mol. The summed E-state index contributed by atoms with van der Waals surface area (Å²) in [5.74, 6) is 0. The maximum absolute atomic E-state index is 13.3. The molecule has 0 saturated heterocycles. The molecule has 0 amide bonds. The lowest BCUT2D eigenvalue weighted by atomic mass is 10.3. The molecule has 0 saturated carbocycles. The number of rotatable bonds is 12. The molecule has 1 aromatic carbocycles. The Bertz CT molecular complexity index is 580. The molecule has 1 aromatic rings. The molecule has 0 aliphatic carbocycles. The van der Waals surface area contributed by atoms with Gasteiger partial charge in [0, 0.05) is 10.2 Å². The van der Waals surface area contributed by atoms with Gasteiger partial charge >= 0.3 is 15.2 Å². The van der Waals surface area contributed by atoms with E-state index in [0.717, 1.165) is 4.47 Å². The van der Waals surface area contributed by atoms with E-state index in [1.54, 1.807) is 45.9 Å². The Morgan fingerprint density at radius 2 is 1.36 bits per heavy atom. The summed E-state index contributed by atoms with van der Waals surface area (Å²) in [7, 11) is -7.66. The van der Waals surface area contributed by atoms with Gasteiger partial charge in [-0.15, -0.1) is 0 Å². The lowest BCUT2D eigenvalue weighted by Crippen LogP contribution is -2.25. The Morgan fingerprint density at radius 1 is 0.920 bits per heavy atom. The highest BCUT2D eigenvalue weighted by atomic mass is 79.9. The molecule has 0 atom stereocenters. The molecule has 0 spiro atoms. The third-order valence-electron chi connectivity index (χ3n) is 2.96. The van der Waals surface area contributed by atoms with Crippen molar-refractivity contribution >= 4 is 36.8 Å². The minimum atomic E-state index is -3.83. The fourth-order valence-corrected chi connectivity index (χ4v) is 7.49. The minimum absolute atomic E-state index is 0.131. The molecular weight excluding hydrogens is 432 g/mol. The van der Waals surface area contributed by atoms with E-state index < -0.39 is 20.7 Å². The van der Waals surface area contributed by atoms with E-state index in [1.165, 1.54) is 0 Å². The van der Waals surface area contributed by atoms with Gasteiger partial charge in [-0.05, 0) is 45.9 Å². The zero-order valence-corrected chi connectivity index (χ0v) is 18.3. The van der Waals surface area contributed by atoms with Gasteiger partial charge in [0.05, 0.1) is 26.4 Å². The van der Waals surface area contributed by atoms with E-state index in [2.05, 4.69) is 21.2 Å². The summed E-state index contributed by atoms with van der Waals surface area (Å²) >= 11 is 3.37. The average Bonchev–Trinajstić information content (AvgIpc) is 2.53. The summed E-state index contributed by atoms with van der Waals surface area (Å²) in [6, 6.07) is 7.15. The van der Waals surface area contributed by atoms with Crippen LogP contribution in [-0.2, 0) is 27.2 Å². The fraction of sp³-hybridized carbons (Fsp3) is 0.600. The standard InChI is InChI=1S/C15H26BrNO6P2/c1-5-20-24(18,21-6-2)15(25(19,22-7-3)23-8-4)17-14-11-9-10-13(16)12-14/h9-12,15,17H,5-8H2,1-4H3. The van der Waals surface area contributed by atoms with Gasteiger partial charge in [-0.25, -0.2) is 0 Å². The van der Waals surface area contributed by atoms with Crippen LogP contribution in [0.4, 0.5) is 5.69 Å². The maximum atomic E-state index is 13.3. The maximum Gasteiger partial charge on any atom is 0.365 e. The quantitative estimate of drug-likeness (QED) is 0.404. The van der Waals surface area contributed by atoms with Crippen LogP contribution in [0, 0.1) is 0 Å². The SMILES string of the molecule is CCOP(=O)(OCC)C(Nc1cccc(Br)c1)P(=O)(OCC)OCC. The van der Waals surface area contributed by atoms with Crippen LogP contribution in [0.2, 0.25) is 0 Å². The lowest BCUT2D eigenvalue weighted by molar-refractivity contribution is 0.198. The highest BCUT2D eigenvalue weighted by molar-refractivity contribution is 9.10. The van der Waals surface area contributed by atoms with Crippen molar-refractivity contribution in [1.29, 1.82) is 0 Å². The predicted molar refractivity (Wildman–Crippen MR) is 103 cm³/mol. The normalized spacial score (nSPS) is 12.6. The van der Waals surface area contributed by atoms with Crippen molar-refractivity contribution in [1.82, 2.24) is 0 Å². The first-order chi connectivity index (χ1) is 11.8. The Hall–Kier alpha value is -0.200. The van der Waals surface area contributed by atoms with Crippen molar-refractivity contribution in [3.63, 3.8) is 0 Å². The minimum Gasteiger partial charge on any atom is -0.362 e. The van der Waals surface area contributed by atoms with Gasteiger partial charge in [0.2, 0.25) is 5.52 Å². The number of nitrogens with one attached hydrogen (secondary N) is 1. The molecule has 25 heavy (non-hydrogen) atoms. The Balaban J connectivity index is 3.37. The van der Waals surface area contributed by atoms with Gasteiger partial charge in [0.15, 0.2) is 0 Å². The molecule has 0 radical (unpaired) electrons. The van der Waals surface area contributed by atoms with Crippen LogP contribution in [0.25, 0.3) is 0 Å². The van der Waals surface area contributed by atoms with Gasteiger partial charge in [0.1, 0.15) is 0 Å². The molecule has 144 valence electrons. The second kappa shape index (κ2) is 10.8. The molecule has 0 heterocycles. The van der Waals surface area contributed by atoms with E-state index in [0.29, 0.717) is 5.69 Å². The van der Waals surface area contributed by atoms with Crippen LogP contribution in [0.3, 0.4) is 0 Å². The molecule has 0 aliphatic rings. The van der Waals surface area contributed by atoms with Gasteiger partial charge < -0.3 is 23.4 Å². The Kier molecular flexibility index (Phi) is 9.89. The highest BCUT2D eigenvalue weighted by Crippen LogP contribution is 2.70. The second-order valence-corrected chi connectivity index (χ2v) is 10.3. The fourth-order valence-electron chi connectivity index (χ4n) is 2.14. The first kappa shape index (κ1) is 22.8. The van der Waals surface area contributed by atoms with E-state index in [-0.39, 0.29) is 26.4 Å². The monoisotopic (exact) mass is 457 g/mol. The molecule has 0 aliphatic heterocycles. The molecule has 0 fully saturated rings. The summed E-state index contributed by atoms with van der Waals surface area (Å²) in [5.41, 5.74) is -0.701. The van der Waals surface area contributed by atoms with E-state index in [1.807, 2.05) is 6.07 Å². The van der Waals surface area contributed by atoms with E-state index in [4.69, 9.17) is 18.1 Å². The molecular formula is C15H26BrNO6P2. The van der Waals surface area contributed by atoms with Gasteiger partial charge in [-0.2, -0.15) is 0 Å². The van der Waals surface area contributed by atoms with Crippen LogP contribution >= 0.6 is 31.1 Å². The van der Waals surface area contributed by atoms with E-state index >= 15 is 0 Å². The second-order valence-electron chi connectivity index (χ2n) is 4.78. The first-order valence-electron chi connectivity index (χ1n) is 8.14. The van der Waals surface area contributed by atoms with Gasteiger partial charge in [-0.1, -0.05) is 22.0 Å². The largest absolute Gasteiger partial charge is 0.365 e. The lowest BCUT2D eigenvalue weighted by Gasteiger charge is -2.32. The predicted octanol–water partition coefficient (Wildman–Crippen LogP) is 5.68. The zero-order chi connectivity index (χ0) is 18.9. The number of benzene rings is 1. The van der Waals surface area contributed by atoms with Crippen LogP contribution in [0.15, 0.2) is 28.7 Å². The van der Waals surface area contributed by atoms with Crippen molar-refractivity contribution < 1.29 is 27.2 Å². The molecule has 1 N–H and O–H groups in total. The molecule has 0 unspecified atom stereocenters. The van der Waals surface area contributed by atoms with Crippen LogP contribution in [0.5, 0.6) is 0 Å². The Labute approximate surface area is 158 Å². The summed E-state index contributed by atoms with van der Waals surface area (Å²) in [6.07, 6.45) is 0. The smallest absolute Gasteiger partial charge is 0.362 e. The molecule has 0 aromatic heterocycles.